The van der Waals surface area contributed by atoms with Gasteiger partial charge in [-0.05, 0) is 38.9 Å². The first-order chi connectivity index (χ1) is 10.8. The van der Waals surface area contributed by atoms with Gasteiger partial charge in [0, 0.05) is 38.5 Å². The molecule has 0 bridgehead atoms. The summed E-state index contributed by atoms with van der Waals surface area (Å²) in [6.07, 6.45) is 2.88. The largest absolute Gasteiger partial charge is 0.360 e. The third-order valence-electron chi connectivity index (χ3n) is 5.29. The second kappa shape index (κ2) is 7.34. The summed E-state index contributed by atoms with van der Waals surface area (Å²) in [5.41, 5.74) is -0.177. The Morgan fingerprint density at radius 1 is 1.35 bits per heavy atom. The molecule has 0 aliphatic carbocycles. The van der Waals surface area contributed by atoms with Gasteiger partial charge in [-0.25, -0.2) is 0 Å². The van der Waals surface area contributed by atoms with Crippen molar-refractivity contribution in [3.63, 3.8) is 0 Å². The standard InChI is InChI=1S/C17H32N4OS/c1-6-13(5)14-15(22)21(7-2)17(19-14)8-10-20(11-9-17)16(23)18-12(3)4/h12-14,19H,6-11H2,1-5H3,(H,18,23). The summed E-state index contributed by atoms with van der Waals surface area (Å²) in [6, 6.07) is 0.318. The van der Waals surface area contributed by atoms with Gasteiger partial charge in [-0.3, -0.25) is 10.1 Å². The SMILES string of the molecule is CCC(C)C1NC2(CCN(C(=S)NC(C)C)CC2)N(CC)C1=O. The number of likely N-dealkylation sites (tertiary alicyclic amines) is 1. The van der Waals surface area contributed by atoms with Crippen LogP contribution in [0.4, 0.5) is 0 Å². The zero-order chi connectivity index (χ0) is 17.2. The number of likely N-dealkylation sites (N-methyl/N-ethyl adjacent to an activating group) is 1. The van der Waals surface area contributed by atoms with E-state index in [0.717, 1.165) is 44.0 Å². The molecule has 2 fully saturated rings. The molecule has 2 atom stereocenters. The number of carbonyl (C=O) groups is 1. The Hall–Kier alpha value is -0.880. The minimum absolute atomic E-state index is 0.0350. The maximum absolute atomic E-state index is 12.8. The number of piperidine rings is 1. The first-order valence-electron chi connectivity index (χ1n) is 8.99. The minimum Gasteiger partial charge on any atom is -0.360 e. The van der Waals surface area contributed by atoms with E-state index in [1.807, 2.05) is 0 Å². The van der Waals surface area contributed by atoms with Gasteiger partial charge in [0.1, 0.15) is 0 Å². The Balaban J connectivity index is 2.06. The van der Waals surface area contributed by atoms with Gasteiger partial charge in [0.2, 0.25) is 5.91 Å². The number of rotatable bonds is 4. The van der Waals surface area contributed by atoms with E-state index in [1.54, 1.807) is 0 Å². The van der Waals surface area contributed by atoms with Gasteiger partial charge >= 0.3 is 0 Å². The fraction of sp³-hybridized carbons (Fsp3) is 0.882. The van der Waals surface area contributed by atoms with Crippen molar-refractivity contribution in [1.29, 1.82) is 0 Å². The highest BCUT2D eigenvalue weighted by molar-refractivity contribution is 7.80. The molecule has 2 aliphatic heterocycles. The van der Waals surface area contributed by atoms with Crippen molar-refractivity contribution < 1.29 is 4.79 Å². The lowest BCUT2D eigenvalue weighted by Gasteiger charge is -2.45. The Morgan fingerprint density at radius 3 is 2.43 bits per heavy atom. The van der Waals surface area contributed by atoms with Crippen LogP contribution in [0.3, 0.4) is 0 Å². The average Bonchev–Trinajstić information content (AvgIpc) is 2.78. The van der Waals surface area contributed by atoms with E-state index in [-0.39, 0.29) is 17.6 Å². The van der Waals surface area contributed by atoms with Crippen LogP contribution in [0.2, 0.25) is 0 Å². The van der Waals surface area contributed by atoms with E-state index in [2.05, 4.69) is 55.1 Å². The number of thiocarbonyl (C=S) groups is 1. The summed E-state index contributed by atoms with van der Waals surface area (Å²) in [5.74, 6) is 0.649. The molecule has 0 radical (unpaired) electrons. The highest BCUT2D eigenvalue weighted by atomic mass is 32.1. The molecule has 2 rings (SSSR count). The maximum Gasteiger partial charge on any atom is 0.241 e. The molecule has 0 aromatic carbocycles. The number of carbonyl (C=O) groups excluding carboxylic acids is 1. The van der Waals surface area contributed by atoms with Gasteiger partial charge in [0.05, 0.1) is 11.7 Å². The third-order valence-corrected chi connectivity index (χ3v) is 5.67. The molecule has 1 spiro atoms. The Morgan fingerprint density at radius 2 is 1.96 bits per heavy atom. The predicted molar refractivity (Wildman–Crippen MR) is 98.2 cm³/mol. The molecule has 6 heteroatoms. The van der Waals surface area contributed by atoms with Gasteiger partial charge in [0.15, 0.2) is 5.11 Å². The van der Waals surface area contributed by atoms with Gasteiger partial charge in [-0.1, -0.05) is 20.3 Å². The van der Waals surface area contributed by atoms with Gasteiger partial charge in [-0.15, -0.1) is 0 Å². The summed E-state index contributed by atoms with van der Waals surface area (Å²) in [4.78, 5) is 17.1. The van der Waals surface area contributed by atoms with Crippen LogP contribution in [0.15, 0.2) is 0 Å². The van der Waals surface area contributed by atoms with E-state index in [4.69, 9.17) is 12.2 Å². The zero-order valence-corrected chi connectivity index (χ0v) is 16.0. The maximum atomic E-state index is 12.8. The molecule has 5 nitrogen and oxygen atoms in total. The zero-order valence-electron chi connectivity index (χ0n) is 15.2. The summed E-state index contributed by atoms with van der Waals surface area (Å²) in [5, 5.41) is 7.85. The van der Waals surface area contributed by atoms with Crippen molar-refractivity contribution in [1.82, 2.24) is 20.4 Å². The van der Waals surface area contributed by atoms with E-state index in [1.165, 1.54) is 0 Å². The Kier molecular flexibility index (Phi) is 5.89. The Bertz CT molecular complexity index is 446. The molecule has 2 heterocycles. The summed E-state index contributed by atoms with van der Waals surface area (Å²) >= 11 is 5.49. The van der Waals surface area contributed by atoms with Crippen LogP contribution >= 0.6 is 12.2 Å². The predicted octanol–water partition coefficient (Wildman–Crippen LogP) is 1.93. The van der Waals surface area contributed by atoms with Gasteiger partial charge in [0.25, 0.3) is 0 Å². The van der Waals surface area contributed by atoms with Crippen LogP contribution in [0, 0.1) is 5.92 Å². The lowest BCUT2D eigenvalue weighted by atomic mass is 9.95. The van der Waals surface area contributed by atoms with E-state index in [9.17, 15) is 4.79 Å². The quantitative estimate of drug-likeness (QED) is 0.766. The van der Waals surface area contributed by atoms with Crippen LogP contribution in [-0.4, -0.2) is 58.2 Å². The van der Waals surface area contributed by atoms with Crippen molar-refractivity contribution >= 4 is 23.2 Å². The fourth-order valence-corrected chi connectivity index (χ4v) is 4.14. The van der Waals surface area contributed by atoms with Crippen molar-refractivity contribution in [2.75, 3.05) is 19.6 Å². The van der Waals surface area contributed by atoms with E-state index >= 15 is 0 Å². The number of nitrogens with one attached hydrogen (secondary N) is 2. The normalized spacial score (nSPS) is 25.3. The van der Waals surface area contributed by atoms with Crippen LogP contribution < -0.4 is 10.6 Å². The van der Waals surface area contributed by atoms with E-state index < -0.39 is 0 Å². The molecule has 23 heavy (non-hydrogen) atoms. The number of hydrogen-bond acceptors (Lipinski definition) is 3. The third kappa shape index (κ3) is 3.63. The lowest BCUT2D eigenvalue weighted by molar-refractivity contribution is -0.133. The minimum atomic E-state index is -0.177. The van der Waals surface area contributed by atoms with Gasteiger partial charge in [-0.2, -0.15) is 0 Å². The van der Waals surface area contributed by atoms with Gasteiger partial charge < -0.3 is 15.1 Å². The van der Waals surface area contributed by atoms with Crippen LogP contribution in [0.25, 0.3) is 0 Å². The summed E-state index contributed by atoms with van der Waals surface area (Å²) in [7, 11) is 0. The van der Waals surface area contributed by atoms with Crippen LogP contribution in [0.5, 0.6) is 0 Å². The smallest absolute Gasteiger partial charge is 0.241 e. The van der Waals surface area contributed by atoms with Crippen LogP contribution in [0.1, 0.15) is 53.9 Å². The van der Waals surface area contributed by atoms with Crippen molar-refractivity contribution in [2.45, 2.75) is 71.6 Å². The topological polar surface area (TPSA) is 47.6 Å². The number of nitrogens with zero attached hydrogens (tertiary/aromatic N) is 2. The molecule has 0 aromatic rings. The molecule has 2 saturated heterocycles. The molecular weight excluding hydrogens is 308 g/mol. The Labute approximate surface area is 146 Å². The number of hydrogen-bond donors (Lipinski definition) is 2. The molecule has 2 N–H and O–H groups in total. The molecular formula is C17H32N4OS. The second-order valence-electron chi connectivity index (χ2n) is 7.21. The van der Waals surface area contributed by atoms with Crippen molar-refractivity contribution in [3.8, 4) is 0 Å². The molecule has 0 aromatic heterocycles. The first-order valence-corrected chi connectivity index (χ1v) is 9.40. The molecule has 1 amide bonds. The van der Waals surface area contributed by atoms with Crippen molar-refractivity contribution in [2.24, 2.45) is 5.92 Å². The molecule has 2 unspecified atom stereocenters. The number of amides is 1. The first kappa shape index (κ1) is 18.5. The summed E-state index contributed by atoms with van der Waals surface area (Å²) in [6.45, 7) is 13.2. The van der Waals surface area contributed by atoms with Crippen LogP contribution in [-0.2, 0) is 4.79 Å². The van der Waals surface area contributed by atoms with E-state index in [0.29, 0.717) is 12.0 Å². The van der Waals surface area contributed by atoms with Crippen molar-refractivity contribution in [3.05, 3.63) is 0 Å². The fourth-order valence-electron chi connectivity index (χ4n) is 3.72. The highest BCUT2D eigenvalue weighted by Gasteiger charge is 2.51. The lowest BCUT2D eigenvalue weighted by Crippen LogP contribution is -2.60. The molecule has 2 aliphatic rings. The average molecular weight is 341 g/mol. The second-order valence-corrected chi connectivity index (χ2v) is 7.60. The highest BCUT2D eigenvalue weighted by Crippen LogP contribution is 2.34. The molecule has 0 saturated carbocycles. The molecule has 132 valence electrons. The summed E-state index contributed by atoms with van der Waals surface area (Å²) < 4.78 is 0. The monoisotopic (exact) mass is 340 g/mol.